The van der Waals surface area contributed by atoms with E-state index >= 15 is 0 Å². The third kappa shape index (κ3) is 3.54. The van der Waals surface area contributed by atoms with Crippen LogP contribution in [-0.4, -0.2) is 19.7 Å². The van der Waals surface area contributed by atoms with Gasteiger partial charge in [-0.1, -0.05) is 17.7 Å². The second-order valence-electron chi connectivity index (χ2n) is 4.83. The first-order valence-corrected chi connectivity index (χ1v) is 7.16. The lowest BCUT2D eigenvalue weighted by atomic mass is 10.1. The minimum absolute atomic E-state index is 0.135. The summed E-state index contributed by atoms with van der Waals surface area (Å²) in [6, 6.07) is 6.55. The molecule has 3 aromatic rings. The molecule has 0 aliphatic heterocycles. The molecular weight excluding hydrogens is 357 g/mol. The Kier molecular flexibility index (Phi) is 4.29. The summed E-state index contributed by atoms with van der Waals surface area (Å²) in [6.45, 7) is 0. The molecule has 10 heteroatoms. The second kappa shape index (κ2) is 6.41. The van der Waals surface area contributed by atoms with Crippen molar-refractivity contribution in [1.82, 2.24) is 19.7 Å². The molecule has 126 valence electrons. The number of anilines is 2. The van der Waals surface area contributed by atoms with Gasteiger partial charge in [0, 0.05) is 6.20 Å². The summed E-state index contributed by atoms with van der Waals surface area (Å²) in [4.78, 5) is 7.92. The van der Waals surface area contributed by atoms with E-state index in [1.54, 1.807) is 12.1 Å². The number of nitriles is 1. The molecular formula is C15H8ClF3N6. The molecule has 6 nitrogen and oxygen atoms in total. The Morgan fingerprint density at radius 2 is 1.88 bits per heavy atom. The summed E-state index contributed by atoms with van der Waals surface area (Å²) in [6.07, 6.45) is -0.311. The molecule has 0 aliphatic carbocycles. The minimum Gasteiger partial charge on any atom is -0.322 e. The molecule has 2 aromatic heterocycles. The van der Waals surface area contributed by atoms with E-state index in [1.165, 1.54) is 18.5 Å². The first-order chi connectivity index (χ1) is 11.9. The molecule has 0 saturated heterocycles. The molecule has 25 heavy (non-hydrogen) atoms. The fourth-order valence-corrected chi connectivity index (χ4v) is 2.17. The number of alkyl halides is 3. The monoisotopic (exact) mass is 364 g/mol. The van der Waals surface area contributed by atoms with Crippen LogP contribution < -0.4 is 5.32 Å². The van der Waals surface area contributed by atoms with Gasteiger partial charge in [0.2, 0.25) is 5.95 Å². The summed E-state index contributed by atoms with van der Waals surface area (Å²) >= 11 is 5.72. The molecule has 2 heterocycles. The third-order valence-electron chi connectivity index (χ3n) is 3.16. The van der Waals surface area contributed by atoms with Crippen LogP contribution in [0.5, 0.6) is 0 Å². The second-order valence-corrected chi connectivity index (χ2v) is 5.27. The highest BCUT2D eigenvalue weighted by Crippen LogP contribution is 2.31. The number of rotatable bonds is 3. The SMILES string of the molecule is N#Cc1cccc(Nc2ncc(Cl)cn2)c1-n1cc(C(F)(F)F)cn1. The van der Waals surface area contributed by atoms with Crippen LogP contribution >= 0.6 is 11.6 Å². The van der Waals surface area contributed by atoms with Gasteiger partial charge in [-0.2, -0.15) is 23.5 Å². The number of benzene rings is 1. The number of para-hydroxylation sites is 1. The van der Waals surface area contributed by atoms with Gasteiger partial charge in [0.25, 0.3) is 0 Å². The Hall–Kier alpha value is -3.12. The normalized spacial score (nSPS) is 11.2. The number of aromatic nitrogens is 4. The van der Waals surface area contributed by atoms with Gasteiger partial charge >= 0.3 is 6.18 Å². The number of halogens is 4. The van der Waals surface area contributed by atoms with Crippen LogP contribution in [0.1, 0.15) is 11.1 Å². The van der Waals surface area contributed by atoms with E-state index < -0.39 is 11.7 Å². The van der Waals surface area contributed by atoms with Gasteiger partial charge in [-0.15, -0.1) is 0 Å². The van der Waals surface area contributed by atoms with Crippen molar-refractivity contribution in [2.75, 3.05) is 5.32 Å². The van der Waals surface area contributed by atoms with Crippen molar-refractivity contribution in [3.63, 3.8) is 0 Å². The minimum atomic E-state index is -4.54. The summed E-state index contributed by atoms with van der Waals surface area (Å²) < 4.78 is 39.4. The smallest absolute Gasteiger partial charge is 0.322 e. The highest BCUT2D eigenvalue weighted by Gasteiger charge is 2.32. The van der Waals surface area contributed by atoms with E-state index in [2.05, 4.69) is 20.4 Å². The summed E-state index contributed by atoms with van der Waals surface area (Å²) in [5.74, 6) is 0.170. The largest absolute Gasteiger partial charge is 0.419 e. The Morgan fingerprint density at radius 3 is 2.48 bits per heavy atom. The molecule has 0 bridgehead atoms. The zero-order chi connectivity index (χ0) is 18.0. The van der Waals surface area contributed by atoms with Crippen molar-refractivity contribution in [2.45, 2.75) is 6.18 Å². The first kappa shape index (κ1) is 16.7. The lowest BCUT2D eigenvalue weighted by molar-refractivity contribution is -0.137. The van der Waals surface area contributed by atoms with E-state index in [-0.39, 0.29) is 17.2 Å². The van der Waals surface area contributed by atoms with Gasteiger partial charge in [-0.05, 0) is 12.1 Å². The lowest BCUT2D eigenvalue weighted by Crippen LogP contribution is -2.06. The molecule has 1 aromatic carbocycles. The molecule has 0 atom stereocenters. The van der Waals surface area contributed by atoms with Crippen molar-refractivity contribution < 1.29 is 13.2 Å². The van der Waals surface area contributed by atoms with Crippen molar-refractivity contribution in [3.05, 3.63) is 59.1 Å². The van der Waals surface area contributed by atoms with E-state index in [0.29, 0.717) is 16.9 Å². The summed E-state index contributed by atoms with van der Waals surface area (Å²) in [5, 5.41) is 16.2. The molecule has 0 unspecified atom stereocenters. The molecule has 0 fully saturated rings. The number of hydrogen-bond acceptors (Lipinski definition) is 5. The topological polar surface area (TPSA) is 79.4 Å². The highest BCUT2D eigenvalue weighted by molar-refractivity contribution is 6.30. The van der Waals surface area contributed by atoms with Crippen molar-refractivity contribution in [1.29, 1.82) is 5.26 Å². The van der Waals surface area contributed by atoms with Gasteiger partial charge in [0.05, 0.1) is 40.4 Å². The van der Waals surface area contributed by atoms with Gasteiger partial charge in [-0.25, -0.2) is 14.6 Å². The molecule has 0 spiro atoms. The molecule has 0 amide bonds. The van der Waals surface area contributed by atoms with Crippen LogP contribution in [0.15, 0.2) is 43.0 Å². The number of nitrogens with one attached hydrogen (secondary N) is 1. The first-order valence-electron chi connectivity index (χ1n) is 6.78. The van der Waals surface area contributed by atoms with Gasteiger partial charge in [0.1, 0.15) is 11.8 Å². The van der Waals surface area contributed by atoms with Gasteiger partial charge < -0.3 is 5.32 Å². The molecule has 0 radical (unpaired) electrons. The molecule has 3 rings (SSSR count). The average molecular weight is 365 g/mol. The lowest BCUT2D eigenvalue weighted by Gasteiger charge is -2.12. The predicted octanol–water partition coefficient (Wildman–Crippen LogP) is 3.95. The van der Waals surface area contributed by atoms with Crippen LogP contribution in [0.2, 0.25) is 5.02 Å². The predicted molar refractivity (Wildman–Crippen MR) is 83.6 cm³/mol. The summed E-state index contributed by atoms with van der Waals surface area (Å²) in [5.41, 5.74) is -0.318. The van der Waals surface area contributed by atoms with Crippen molar-refractivity contribution in [3.8, 4) is 11.8 Å². The third-order valence-corrected chi connectivity index (χ3v) is 3.36. The number of nitrogens with zero attached hydrogens (tertiary/aromatic N) is 5. The molecule has 0 saturated carbocycles. The number of hydrogen-bond donors (Lipinski definition) is 1. The molecule has 0 aliphatic rings. The van der Waals surface area contributed by atoms with Gasteiger partial charge in [0.15, 0.2) is 0 Å². The Bertz CT molecular complexity index is 943. The Labute approximate surface area is 144 Å². The summed E-state index contributed by atoms with van der Waals surface area (Å²) in [7, 11) is 0. The van der Waals surface area contributed by atoms with E-state index in [1.807, 2.05) is 6.07 Å². The standard InChI is InChI=1S/C15H8ClF3N6/c16-11-6-21-14(22-7-11)24-12-3-1-2-9(4-20)13(12)25-8-10(5-23-25)15(17,18)19/h1-3,5-8H,(H,21,22,24). The van der Waals surface area contributed by atoms with Gasteiger partial charge in [-0.3, -0.25) is 0 Å². The average Bonchev–Trinajstić information content (AvgIpc) is 3.06. The van der Waals surface area contributed by atoms with E-state index in [9.17, 15) is 18.4 Å². The van der Waals surface area contributed by atoms with E-state index in [4.69, 9.17) is 11.6 Å². The zero-order valence-electron chi connectivity index (χ0n) is 12.3. The van der Waals surface area contributed by atoms with E-state index in [0.717, 1.165) is 10.9 Å². The van der Waals surface area contributed by atoms with Crippen LogP contribution in [0.4, 0.5) is 24.8 Å². The fourth-order valence-electron chi connectivity index (χ4n) is 2.07. The molecule has 1 N–H and O–H groups in total. The zero-order valence-corrected chi connectivity index (χ0v) is 13.0. The van der Waals surface area contributed by atoms with Crippen LogP contribution in [0.3, 0.4) is 0 Å². The van der Waals surface area contributed by atoms with Crippen molar-refractivity contribution >= 4 is 23.2 Å². The fraction of sp³-hybridized carbons (Fsp3) is 0.0667. The highest BCUT2D eigenvalue weighted by atomic mass is 35.5. The van der Waals surface area contributed by atoms with Crippen LogP contribution in [-0.2, 0) is 6.18 Å². The Balaban J connectivity index is 2.07. The van der Waals surface area contributed by atoms with Crippen LogP contribution in [0.25, 0.3) is 5.69 Å². The maximum Gasteiger partial charge on any atom is 0.419 e. The quantitative estimate of drug-likeness (QED) is 0.761. The maximum atomic E-state index is 12.8. The maximum absolute atomic E-state index is 12.8. The van der Waals surface area contributed by atoms with Crippen molar-refractivity contribution in [2.24, 2.45) is 0 Å². The Morgan fingerprint density at radius 1 is 1.16 bits per heavy atom. The van der Waals surface area contributed by atoms with Crippen LogP contribution in [0, 0.1) is 11.3 Å².